The van der Waals surface area contributed by atoms with Gasteiger partial charge in [0.2, 0.25) is 5.75 Å². The number of carbonyl (C=O) groups is 4. The molecule has 43 heavy (non-hydrogen) atoms. The highest BCUT2D eigenvalue weighted by Crippen LogP contribution is 2.27. The number of amides is 2. The van der Waals surface area contributed by atoms with Gasteiger partial charge >= 0.3 is 24.1 Å². The average Bonchev–Trinajstić information content (AvgIpc) is 3.00. The molecule has 1 N–H and O–H groups in total. The van der Waals surface area contributed by atoms with E-state index in [0.29, 0.717) is 0 Å². The van der Waals surface area contributed by atoms with E-state index in [0.717, 1.165) is 12.7 Å². The number of carbonyl (C=O) groups excluding carboxylic acids is 4. The predicted molar refractivity (Wildman–Crippen MR) is 151 cm³/mol. The van der Waals surface area contributed by atoms with Gasteiger partial charge in [0.15, 0.2) is 5.69 Å². The molecule has 1 fully saturated rings. The first-order chi connectivity index (χ1) is 20.5. The van der Waals surface area contributed by atoms with Gasteiger partial charge in [0.25, 0.3) is 5.56 Å². The largest absolute Gasteiger partial charge is 0.464 e. The van der Waals surface area contributed by atoms with E-state index in [2.05, 4.69) is 9.97 Å². The van der Waals surface area contributed by atoms with Crippen LogP contribution < -0.4 is 10.3 Å². The summed E-state index contributed by atoms with van der Waals surface area (Å²) in [6.45, 7) is 5.09. The van der Waals surface area contributed by atoms with E-state index in [1.54, 1.807) is 63.2 Å². The number of benzene rings is 2. The fraction of sp³-hybridized carbons (Fsp3) is 0.333. The molecular formula is C30H32N4O9. The minimum absolute atomic E-state index is 0.000451. The van der Waals surface area contributed by atoms with Gasteiger partial charge in [0, 0.05) is 13.1 Å². The maximum absolute atomic E-state index is 13.3. The van der Waals surface area contributed by atoms with Crippen molar-refractivity contribution in [3.8, 4) is 5.75 Å². The number of hydrogen-bond acceptors (Lipinski definition) is 10. The molecule has 1 unspecified atom stereocenters. The summed E-state index contributed by atoms with van der Waals surface area (Å²) in [5, 5.41) is 0. The lowest BCUT2D eigenvalue weighted by Gasteiger charge is -2.40. The summed E-state index contributed by atoms with van der Waals surface area (Å²) < 4.78 is 21.1. The van der Waals surface area contributed by atoms with Crippen molar-refractivity contribution in [2.24, 2.45) is 0 Å². The fourth-order valence-corrected chi connectivity index (χ4v) is 4.22. The smallest absolute Gasteiger partial charge is 0.410 e. The number of hydrogen-bond donors (Lipinski definition) is 1. The number of rotatable bonds is 6. The number of nitrogens with zero attached hydrogens (tertiary/aromatic N) is 3. The first-order valence-electron chi connectivity index (χ1n) is 13.4. The molecule has 0 aliphatic carbocycles. The monoisotopic (exact) mass is 592 g/mol. The zero-order chi connectivity index (χ0) is 31.1. The van der Waals surface area contributed by atoms with Gasteiger partial charge < -0.3 is 28.8 Å². The highest BCUT2D eigenvalue weighted by atomic mass is 16.6. The molecular weight excluding hydrogens is 560 g/mol. The number of aromatic amines is 1. The molecule has 1 atom stereocenters. The number of esters is 2. The van der Waals surface area contributed by atoms with Crippen LogP contribution in [0, 0.1) is 0 Å². The van der Waals surface area contributed by atoms with Gasteiger partial charge in [-0.05, 0) is 38.5 Å². The van der Waals surface area contributed by atoms with Crippen LogP contribution in [0.4, 0.5) is 9.59 Å². The number of piperazine rings is 1. The average molecular weight is 593 g/mol. The molecule has 0 bridgehead atoms. The topological polar surface area (TPSA) is 157 Å². The zero-order valence-corrected chi connectivity index (χ0v) is 24.2. The van der Waals surface area contributed by atoms with Gasteiger partial charge in [0.1, 0.15) is 24.1 Å². The lowest BCUT2D eigenvalue weighted by molar-refractivity contribution is -0.000385. The van der Waals surface area contributed by atoms with Crippen LogP contribution in [-0.2, 0) is 20.8 Å². The summed E-state index contributed by atoms with van der Waals surface area (Å²) in [4.78, 5) is 74.3. The summed E-state index contributed by atoms with van der Waals surface area (Å²) in [5.41, 5.74) is -1.45. The van der Waals surface area contributed by atoms with Crippen molar-refractivity contribution in [2.45, 2.75) is 39.0 Å². The number of H-pyrrole nitrogens is 1. The molecule has 3 aromatic rings. The van der Waals surface area contributed by atoms with Crippen molar-refractivity contribution in [2.75, 3.05) is 26.7 Å². The number of methoxy groups -OCH3 is 1. The van der Waals surface area contributed by atoms with Crippen LogP contribution in [0.2, 0.25) is 0 Å². The molecule has 13 heteroatoms. The van der Waals surface area contributed by atoms with Crippen molar-refractivity contribution in [3.05, 3.63) is 93.7 Å². The van der Waals surface area contributed by atoms with Crippen molar-refractivity contribution in [1.29, 1.82) is 0 Å². The van der Waals surface area contributed by atoms with Crippen molar-refractivity contribution in [1.82, 2.24) is 19.8 Å². The van der Waals surface area contributed by atoms with Gasteiger partial charge in [-0.3, -0.25) is 9.69 Å². The number of nitrogens with one attached hydrogen (secondary N) is 1. The first kappa shape index (κ1) is 30.8. The molecule has 1 saturated heterocycles. The van der Waals surface area contributed by atoms with E-state index in [-0.39, 0.29) is 37.6 Å². The molecule has 2 aromatic carbocycles. The maximum Gasteiger partial charge on any atom is 0.410 e. The molecule has 226 valence electrons. The van der Waals surface area contributed by atoms with Crippen LogP contribution >= 0.6 is 0 Å². The summed E-state index contributed by atoms with van der Waals surface area (Å²) in [5.74, 6) is -2.79. The lowest BCUT2D eigenvalue weighted by atomic mass is 10.1. The quantitative estimate of drug-likeness (QED) is 0.330. The number of ether oxygens (including phenoxy) is 4. The fourth-order valence-electron chi connectivity index (χ4n) is 4.22. The Bertz CT molecular complexity index is 1530. The Labute approximate surface area is 247 Å². The van der Waals surface area contributed by atoms with Gasteiger partial charge in [-0.2, -0.15) is 0 Å². The van der Waals surface area contributed by atoms with E-state index in [4.69, 9.17) is 18.9 Å². The second-order valence-corrected chi connectivity index (χ2v) is 10.6. The SMILES string of the molecule is COC(=O)c1nc(C2CN(C(=O)OC(C)(C)C)CCN2C(=O)OCc2ccccc2)[nH]c(=O)c1OC(=O)c1ccccc1. The van der Waals surface area contributed by atoms with Crippen LogP contribution in [0.5, 0.6) is 5.75 Å². The van der Waals surface area contributed by atoms with Crippen molar-refractivity contribution < 1.29 is 38.1 Å². The summed E-state index contributed by atoms with van der Waals surface area (Å²) >= 11 is 0. The third-order valence-corrected chi connectivity index (χ3v) is 6.27. The van der Waals surface area contributed by atoms with Crippen LogP contribution in [0.15, 0.2) is 65.5 Å². The van der Waals surface area contributed by atoms with Gasteiger partial charge in [-0.15, -0.1) is 0 Å². The van der Waals surface area contributed by atoms with Crippen molar-refractivity contribution >= 4 is 24.1 Å². The molecule has 1 aliphatic heterocycles. The highest BCUT2D eigenvalue weighted by Gasteiger charge is 2.38. The summed E-state index contributed by atoms with van der Waals surface area (Å²) in [6, 6.07) is 15.8. The second-order valence-electron chi connectivity index (χ2n) is 10.6. The molecule has 1 aromatic heterocycles. The van der Waals surface area contributed by atoms with E-state index in [9.17, 15) is 24.0 Å². The van der Waals surface area contributed by atoms with E-state index in [1.165, 1.54) is 21.9 Å². The number of aromatic nitrogens is 2. The Morgan fingerprint density at radius 1 is 0.930 bits per heavy atom. The molecule has 1 aliphatic rings. The minimum Gasteiger partial charge on any atom is -0.464 e. The van der Waals surface area contributed by atoms with Gasteiger partial charge in [-0.25, -0.2) is 24.2 Å². The Morgan fingerprint density at radius 2 is 1.58 bits per heavy atom. The molecule has 0 radical (unpaired) electrons. The standard InChI is InChI=1S/C30H32N4O9/c1-30(2,3)43-28(38)33-15-16-34(29(39)41-18-19-11-7-5-8-12-19)21(17-33)24-31-22(27(37)40-4)23(25(35)32-24)42-26(36)20-13-9-6-10-14-20/h5-14,21H,15-18H2,1-4H3,(H,31,32,35). The van der Waals surface area contributed by atoms with Crippen LogP contribution in [0.1, 0.15) is 59.0 Å². The van der Waals surface area contributed by atoms with E-state index >= 15 is 0 Å². The summed E-state index contributed by atoms with van der Waals surface area (Å²) in [7, 11) is 1.08. The van der Waals surface area contributed by atoms with Crippen LogP contribution in [0.3, 0.4) is 0 Å². The normalized spacial score (nSPS) is 14.9. The Hall–Kier alpha value is -5.20. The summed E-state index contributed by atoms with van der Waals surface area (Å²) in [6.07, 6.45) is -1.38. The molecule has 2 heterocycles. The highest BCUT2D eigenvalue weighted by molar-refractivity contribution is 5.94. The van der Waals surface area contributed by atoms with E-state index in [1.807, 2.05) is 6.07 Å². The molecule has 0 spiro atoms. The third kappa shape index (κ3) is 7.76. The minimum atomic E-state index is -1.07. The Kier molecular flexibility index (Phi) is 9.43. The van der Waals surface area contributed by atoms with Crippen molar-refractivity contribution in [3.63, 3.8) is 0 Å². The Balaban J connectivity index is 1.69. The Morgan fingerprint density at radius 3 is 2.21 bits per heavy atom. The molecule has 4 rings (SSSR count). The zero-order valence-electron chi connectivity index (χ0n) is 24.2. The second kappa shape index (κ2) is 13.2. The third-order valence-electron chi connectivity index (χ3n) is 6.27. The van der Waals surface area contributed by atoms with Gasteiger partial charge in [0.05, 0.1) is 19.2 Å². The first-order valence-corrected chi connectivity index (χ1v) is 13.4. The predicted octanol–water partition coefficient (Wildman–Crippen LogP) is 3.71. The molecule has 0 saturated carbocycles. The van der Waals surface area contributed by atoms with Gasteiger partial charge in [-0.1, -0.05) is 48.5 Å². The van der Waals surface area contributed by atoms with Crippen LogP contribution in [0.25, 0.3) is 0 Å². The van der Waals surface area contributed by atoms with Crippen LogP contribution in [-0.4, -0.2) is 76.2 Å². The molecule has 2 amide bonds. The maximum atomic E-state index is 13.3. The molecule has 13 nitrogen and oxygen atoms in total. The lowest BCUT2D eigenvalue weighted by Crippen LogP contribution is -2.54. The van der Waals surface area contributed by atoms with E-state index < -0.39 is 52.8 Å².